The lowest BCUT2D eigenvalue weighted by Gasteiger charge is -2.08. The summed E-state index contributed by atoms with van der Waals surface area (Å²) in [6.07, 6.45) is 1.53. The number of allylic oxidation sites excluding steroid dienone is 2. The lowest BCUT2D eigenvalue weighted by atomic mass is 10.1. The molecule has 0 atom stereocenters. The minimum atomic E-state index is -0.763. The molecule has 0 bridgehead atoms. The van der Waals surface area contributed by atoms with Crippen molar-refractivity contribution in [1.82, 2.24) is 0 Å². The van der Waals surface area contributed by atoms with E-state index in [1.165, 1.54) is 6.08 Å². The molecule has 0 unspecified atom stereocenters. The van der Waals surface area contributed by atoms with Crippen LogP contribution in [0.15, 0.2) is 22.9 Å². The van der Waals surface area contributed by atoms with Gasteiger partial charge in [0.05, 0.1) is 18.9 Å². The summed E-state index contributed by atoms with van der Waals surface area (Å²) in [6, 6.07) is 0. The van der Waals surface area contributed by atoms with E-state index in [2.05, 4.69) is 0 Å². The molecule has 5 heteroatoms. The maximum atomic E-state index is 11.6. The molecule has 0 aliphatic rings. The molecule has 2 N–H and O–H groups in total. The van der Waals surface area contributed by atoms with Crippen molar-refractivity contribution in [1.29, 1.82) is 0 Å². The monoisotopic (exact) mass is 241 g/mol. The molecule has 0 amide bonds. The first-order valence-corrected chi connectivity index (χ1v) is 5.42. The lowest BCUT2D eigenvalue weighted by Crippen LogP contribution is -2.22. The summed E-state index contributed by atoms with van der Waals surface area (Å²) in [5, 5.41) is 0. The van der Waals surface area contributed by atoms with E-state index < -0.39 is 11.9 Å². The molecule has 0 radical (unpaired) electrons. The molecular formula is C12H19NO4. The van der Waals surface area contributed by atoms with Gasteiger partial charge in [0.1, 0.15) is 0 Å². The molecule has 0 aromatic carbocycles. The van der Waals surface area contributed by atoms with Crippen molar-refractivity contribution >= 4 is 11.9 Å². The van der Waals surface area contributed by atoms with Crippen LogP contribution >= 0.6 is 0 Å². The maximum Gasteiger partial charge on any atom is 0.347 e. The zero-order chi connectivity index (χ0) is 13.4. The van der Waals surface area contributed by atoms with Crippen LogP contribution in [0.1, 0.15) is 27.7 Å². The fourth-order valence-electron chi connectivity index (χ4n) is 1.11. The molecule has 5 nitrogen and oxygen atoms in total. The van der Waals surface area contributed by atoms with Crippen molar-refractivity contribution in [3.8, 4) is 0 Å². The van der Waals surface area contributed by atoms with Crippen LogP contribution in [-0.4, -0.2) is 25.2 Å². The number of esters is 2. The van der Waals surface area contributed by atoms with Crippen molar-refractivity contribution in [2.24, 2.45) is 5.73 Å². The second kappa shape index (κ2) is 7.49. The highest BCUT2D eigenvalue weighted by atomic mass is 16.6. The van der Waals surface area contributed by atoms with Crippen LogP contribution in [0.25, 0.3) is 0 Å². The minimum absolute atomic E-state index is 0.0573. The molecule has 0 saturated heterocycles. The molecular weight excluding hydrogens is 222 g/mol. The fraction of sp³-hybridized carbons (Fsp3) is 0.500. The molecule has 0 heterocycles. The van der Waals surface area contributed by atoms with E-state index in [1.807, 2.05) is 0 Å². The summed E-state index contributed by atoms with van der Waals surface area (Å²) < 4.78 is 9.53. The maximum absolute atomic E-state index is 11.6. The smallest absolute Gasteiger partial charge is 0.347 e. The molecule has 0 aliphatic heterocycles. The molecule has 0 fully saturated rings. The number of carbonyl (C=O) groups is 2. The van der Waals surface area contributed by atoms with Crippen molar-refractivity contribution < 1.29 is 19.1 Å². The lowest BCUT2D eigenvalue weighted by molar-refractivity contribution is -0.146. The van der Waals surface area contributed by atoms with E-state index in [-0.39, 0.29) is 24.5 Å². The van der Waals surface area contributed by atoms with Crippen molar-refractivity contribution in [2.75, 3.05) is 13.2 Å². The van der Waals surface area contributed by atoms with Crippen LogP contribution in [0.4, 0.5) is 0 Å². The van der Waals surface area contributed by atoms with Gasteiger partial charge in [0.25, 0.3) is 0 Å². The summed E-state index contributed by atoms with van der Waals surface area (Å²) in [4.78, 5) is 23.2. The van der Waals surface area contributed by atoms with Gasteiger partial charge in [-0.1, -0.05) is 5.57 Å². The normalized spacial score (nSPS) is 9.18. The zero-order valence-electron chi connectivity index (χ0n) is 10.7. The highest BCUT2D eigenvalue weighted by Crippen LogP contribution is 2.08. The highest BCUT2D eigenvalue weighted by molar-refractivity contribution is 6.15. The standard InChI is InChI=1S/C12H19NO4/c1-5-16-11(14)10(12(15)17-6-2)9(13)7-8(3)4/h7H,5-6,13H2,1-4H3. The fourth-order valence-corrected chi connectivity index (χ4v) is 1.11. The minimum Gasteiger partial charge on any atom is -0.462 e. The second-order valence-corrected chi connectivity index (χ2v) is 3.49. The molecule has 0 aromatic heterocycles. The topological polar surface area (TPSA) is 78.6 Å². The van der Waals surface area contributed by atoms with Gasteiger partial charge in [-0.3, -0.25) is 0 Å². The molecule has 96 valence electrons. The highest BCUT2D eigenvalue weighted by Gasteiger charge is 2.23. The van der Waals surface area contributed by atoms with Gasteiger partial charge < -0.3 is 15.2 Å². The average Bonchev–Trinajstić information content (AvgIpc) is 2.17. The van der Waals surface area contributed by atoms with E-state index in [4.69, 9.17) is 15.2 Å². The van der Waals surface area contributed by atoms with Gasteiger partial charge in [0.2, 0.25) is 0 Å². The van der Waals surface area contributed by atoms with Gasteiger partial charge >= 0.3 is 11.9 Å². The Kier molecular flexibility index (Phi) is 6.70. The van der Waals surface area contributed by atoms with Gasteiger partial charge in [-0.15, -0.1) is 0 Å². The van der Waals surface area contributed by atoms with Crippen molar-refractivity contribution in [3.63, 3.8) is 0 Å². The number of rotatable bonds is 5. The van der Waals surface area contributed by atoms with Gasteiger partial charge in [-0.05, 0) is 33.8 Å². The first kappa shape index (κ1) is 15.2. The predicted octanol–water partition coefficient (Wildman–Crippen LogP) is 1.29. The first-order chi connectivity index (χ1) is 7.93. The molecule has 0 saturated carbocycles. The van der Waals surface area contributed by atoms with Gasteiger partial charge in [-0.25, -0.2) is 9.59 Å². The summed E-state index contributed by atoms with van der Waals surface area (Å²) in [7, 11) is 0. The third-order valence-corrected chi connectivity index (χ3v) is 1.69. The van der Waals surface area contributed by atoms with E-state index in [9.17, 15) is 9.59 Å². The largest absolute Gasteiger partial charge is 0.462 e. The Morgan fingerprint density at radius 1 is 1.06 bits per heavy atom. The van der Waals surface area contributed by atoms with Crippen LogP contribution in [-0.2, 0) is 19.1 Å². The van der Waals surface area contributed by atoms with Gasteiger partial charge in [-0.2, -0.15) is 0 Å². The van der Waals surface area contributed by atoms with Crippen molar-refractivity contribution in [2.45, 2.75) is 27.7 Å². The van der Waals surface area contributed by atoms with Gasteiger partial charge in [0.15, 0.2) is 5.57 Å². The van der Waals surface area contributed by atoms with Crippen molar-refractivity contribution in [3.05, 3.63) is 22.9 Å². The SMILES string of the molecule is CCOC(=O)C(C(=O)OCC)=C(N)C=C(C)C. The summed E-state index contributed by atoms with van der Waals surface area (Å²) in [5.41, 5.74) is 6.35. The third-order valence-electron chi connectivity index (χ3n) is 1.69. The Bertz CT molecular complexity index is 332. The van der Waals surface area contributed by atoms with Crippen LogP contribution in [0, 0.1) is 0 Å². The average molecular weight is 241 g/mol. The zero-order valence-corrected chi connectivity index (χ0v) is 10.7. The number of hydrogen-bond acceptors (Lipinski definition) is 5. The molecule has 0 aromatic rings. The summed E-state index contributed by atoms with van der Waals surface area (Å²) in [5.74, 6) is -1.53. The Labute approximate surface area is 101 Å². The Morgan fingerprint density at radius 2 is 1.47 bits per heavy atom. The molecule has 0 rings (SSSR count). The van der Waals surface area contributed by atoms with Crippen LogP contribution < -0.4 is 5.73 Å². The summed E-state index contributed by atoms with van der Waals surface area (Å²) >= 11 is 0. The molecule has 17 heavy (non-hydrogen) atoms. The van der Waals surface area contributed by atoms with E-state index in [0.717, 1.165) is 5.57 Å². The van der Waals surface area contributed by atoms with Crippen LogP contribution in [0.5, 0.6) is 0 Å². The molecule has 0 aliphatic carbocycles. The summed E-state index contributed by atoms with van der Waals surface area (Å²) in [6.45, 7) is 7.25. The first-order valence-electron chi connectivity index (χ1n) is 5.42. The number of carbonyl (C=O) groups excluding carboxylic acids is 2. The molecule has 0 spiro atoms. The number of hydrogen-bond donors (Lipinski definition) is 1. The second-order valence-electron chi connectivity index (χ2n) is 3.49. The van der Waals surface area contributed by atoms with Gasteiger partial charge in [0, 0.05) is 0 Å². The van der Waals surface area contributed by atoms with E-state index >= 15 is 0 Å². The predicted molar refractivity (Wildman–Crippen MR) is 63.9 cm³/mol. The van der Waals surface area contributed by atoms with Crippen LogP contribution in [0.3, 0.4) is 0 Å². The Morgan fingerprint density at radius 3 is 1.76 bits per heavy atom. The Hall–Kier alpha value is -1.78. The third kappa shape index (κ3) is 5.19. The van der Waals surface area contributed by atoms with E-state index in [1.54, 1.807) is 27.7 Å². The van der Waals surface area contributed by atoms with Crippen LogP contribution in [0.2, 0.25) is 0 Å². The quantitative estimate of drug-likeness (QED) is 0.258. The van der Waals surface area contributed by atoms with E-state index in [0.29, 0.717) is 0 Å². The number of nitrogens with two attached hydrogens (primary N) is 1. The number of ether oxygens (including phenoxy) is 2. The Balaban J connectivity index is 5.30.